The van der Waals surface area contributed by atoms with Crippen molar-refractivity contribution in [3.8, 4) is 0 Å². The third-order valence-electron chi connectivity index (χ3n) is 8.27. The average Bonchev–Trinajstić information content (AvgIpc) is 2.96. The Morgan fingerprint density at radius 2 is 0.925 bits per heavy atom. The molecule has 238 valence electrons. The molecule has 0 aliphatic rings. The van der Waals surface area contributed by atoms with Gasteiger partial charge < -0.3 is 15.5 Å². The third kappa shape index (κ3) is 28.7. The van der Waals surface area contributed by atoms with Crippen LogP contribution in [0.1, 0.15) is 194 Å². The molecule has 4 heteroatoms. The van der Waals surface area contributed by atoms with E-state index < -0.39 is 12.1 Å². The molecule has 0 aromatic heterocycles. The minimum absolute atomic E-state index is 0.0634. The van der Waals surface area contributed by atoms with E-state index in [0.717, 1.165) is 25.7 Å². The zero-order chi connectivity index (χ0) is 29.4. The number of allylic oxidation sites excluding steroid dienone is 1. The summed E-state index contributed by atoms with van der Waals surface area (Å²) in [7, 11) is 0. The zero-order valence-electron chi connectivity index (χ0n) is 27.1. The maximum absolute atomic E-state index is 12.3. The summed E-state index contributed by atoms with van der Waals surface area (Å²) in [5.41, 5.74) is 0. The average molecular weight is 566 g/mol. The topological polar surface area (TPSA) is 69.6 Å². The van der Waals surface area contributed by atoms with E-state index in [9.17, 15) is 15.0 Å². The maximum atomic E-state index is 12.3. The highest BCUT2D eigenvalue weighted by molar-refractivity contribution is 5.76. The summed E-state index contributed by atoms with van der Waals surface area (Å²) in [6, 6.07) is -0.614. The fourth-order valence-corrected chi connectivity index (χ4v) is 5.47. The lowest BCUT2D eigenvalue weighted by atomic mass is 10.0. The van der Waals surface area contributed by atoms with E-state index in [2.05, 4.69) is 19.2 Å². The molecule has 1 amide bonds. The first-order valence-corrected chi connectivity index (χ1v) is 17.9. The predicted molar refractivity (Wildman–Crippen MR) is 175 cm³/mol. The highest BCUT2D eigenvalue weighted by Crippen LogP contribution is 2.14. The number of amides is 1. The van der Waals surface area contributed by atoms with Gasteiger partial charge in [0, 0.05) is 6.42 Å². The van der Waals surface area contributed by atoms with Crippen molar-refractivity contribution in [3.63, 3.8) is 0 Å². The molecular weight excluding hydrogens is 494 g/mol. The Morgan fingerprint density at radius 3 is 1.30 bits per heavy atom. The molecule has 4 nitrogen and oxygen atoms in total. The smallest absolute Gasteiger partial charge is 0.220 e. The van der Waals surface area contributed by atoms with Crippen LogP contribution < -0.4 is 5.32 Å². The van der Waals surface area contributed by atoms with Crippen LogP contribution in [0, 0.1) is 0 Å². The molecule has 0 heterocycles. The van der Waals surface area contributed by atoms with Crippen LogP contribution in [0.3, 0.4) is 0 Å². The molecule has 0 aromatic rings. The van der Waals surface area contributed by atoms with Gasteiger partial charge in [0.2, 0.25) is 5.91 Å². The third-order valence-corrected chi connectivity index (χ3v) is 8.27. The standard InChI is InChI=1S/C36H71NO3/c1-3-5-7-9-11-13-15-17-18-20-22-24-26-28-30-32-36(40)37-34(33-38)35(39)31-29-27-25-23-21-19-16-14-12-10-8-6-4-2/h29,31,34-35,38-39H,3-28,30,32-33H2,1-2H3,(H,37,40). The molecule has 0 aliphatic carbocycles. The van der Waals surface area contributed by atoms with Gasteiger partial charge in [-0.3, -0.25) is 4.79 Å². The molecule has 0 rings (SSSR count). The van der Waals surface area contributed by atoms with E-state index in [0.29, 0.717) is 6.42 Å². The number of aliphatic hydroxyl groups is 2. The number of aliphatic hydroxyl groups excluding tert-OH is 2. The SMILES string of the molecule is CCCCCCCCCCCCCC=CC(O)C(CO)NC(=O)CCCCCCCCCCCCCCCCC. The lowest BCUT2D eigenvalue weighted by molar-refractivity contribution is -0.123. The Bertz CT molecular complexity index is 536. The number of carbonyl (C=O) groups excluding carboxylic acids is 1. The van der Waals surface area contributed by atoms with Crippen LogP contribution in [0.2, 0.25) is 0 Å². The normalized spacial score (nSPS) is 13.2. The zero-order valence-corrected chi connectivity index (χ0v) is 27.1. The quantitative estimate of drug-likeness (QED) is 0.0561. The van der Waals surface area contributed by atoms with E-state index >= 15 is 0 Å². The van der Waals surface area contributed by atoms with Gasteiger partial charge in [-0.1, -0.05) is 180 Å². The summed E-state index contributed by atoms with van der Waals surface area (Å²) in [5.74, 6) is -0.0634. The number of carbonyl (C=O) groups is 1. The monoisotopic (exact) mass is 566 g/mol. The summed E-state index contributed by atoms with van der Waals surface area (Å²) < 4.78 is 0. The minimum atomic E-state index is -0.831. The fraction of sp³-hybridized carbons (Fsp3) is 0.917. The molecule has 0 fully saturated rings. The van der Waals surface area contributed by atoms with Crippen molar-refractivity contribution in [2.24, 2.45) is 0 Å². The van der Waals surface area contributed by atoms with Crippen LogP contribution in [-0.4, -0.2) is 34.9 Å². The number of unbranched alkanes of at least 4 members (excludes halogenated alkanes) is 25. The van der Waals surface area contributed by atoms with Gasteiger partial charge in [0.25, 0.3) is 0 Å². The number of hydrogen-bond acceptors (Lipinski definition) is 3. The van der Waals surface area contributed by atoms with Gasteiger partial charge in [0.1, 0.15) is 0 Å². The summed E-state index contributed by atoms with van der Waals surface area (Å²) in [4.78, 5) is 12.3. The Kier molecular flexibility index (Phi) is 31.9. The van der Waals surface area contributed by atoms with Crippen LogP contribution in [0.25, 0.3) is 0 Å². The van der Waals surface area contributed by atoms with Crippen molar-refractivity contribution < 1.29 is 15.0 Å². The highest BCUT2D eigenvalue weighted by Gasteiger charge is 2.17. The van der Waals surface area contributed by atoms with Gasteiger partial charge in [-0.25, -0.2) is 0 Å². The van der Waals surface area contributed by atoms with Crippen LogP contribution in [0.4, 0.5) is 0 Å². The van der Waals surface area contributed by atoms with Gasteiger partial charge in [-0.05, 0) is 19.3 Å². The Hall–Kier alpha value is -0.870. The second kappa shape index (κ2) is 32.6. The molecule has 0 radical (unpaired) electrons. The molecule has 0 saturated carbocycles. The molecule has 0 aliphatic heterocycles. The van der Waals surface area contributed by atoms with Crippen molar-refractivity contribution in [2.75, 3.05) is 6.61 Å². The van der Waals surface area contributed by atoms with E-state index in [4.69, 9.17) is 0 Å². The van der Waals surface area contributed by atoms with E-state index in [-0.39, 0.29) is 12.5 Å². The number of nitrogens with one attached hydrogen (secondary N) is 1. The van der Waals surface area contributed by atoms with Crippen molar-refractivity contribution in [3.05, 3.63) is 12.2 Å². The van der Waals surface area contributed by atoms with Crippen molar-refractivity contribution in [2.45, 2.75) is 206 Å². The lowest BCUT2D eigenvalue weighted by Crippen LogP contribution is -2.45. The summed E-state index contributed by atoms with van der Waals surface area (Å²) in [6.45, 7) is 4.30. The predicted octanol–water partition coefficient (Wildman–Crippen LogP) is 10.3. The van der Waals surface area contributed by atoms with E-state index in [1.165, 1.54) is 148 Å². The van der Waals surface area contributed by atoms with E-state index in [1.807, 2.05) is 6.08 Å². The van der Waals surface area contributed by atoms with Gasteiger partial charge in [-0.2, -0.15) is 0 Å². The summed E-state index contributed by atoms with van der Waals surface area (Å²) >= 11 is 0. The number of rotatable bonds is 32. The molecule has 0 spiro atoms. The first-order chi connectivity index (χ1) is 19.7. The van der Waals surface area contributed by atoms with Crippen molar-refractivity contribution >= 4 is 5.91 Å². The largest absolute Gasteiger partial charge is 0.394 e. The van der Waals surface area contributed by atoms with Gasteiger partial charge in [0.15, 0.2) is 0 Å². The second-order valence-corrected chi connectivity index (χ2v) is 12.3. The molecule has 0 bridgehead atoms. The van der Waals surface area contributed by atoms with Crippen molar-refractivity contribution in [1.29, 1.82) is 0 Å². The van der Waals surface area contributed by atoms with Crippen LogP contribution in [-0.2, 0) is 4.79 Å². The fourth-order valence-electron chi connectivity index (χ4n) is 5.47. The Balaban J connectivity index is 3.60. The number of hydrogen-bond donors (Lipinski definition) is 3. The molecule has 3 N–H and O–H groups in total. The highest BCUT2D eigenvalue weighted by atomic mass is 16.3. The molecular formula is C36H71NO3. The summed E-state index contributed by atoms with van der Waals surface area (Å²) in [5, 5.41) is 22.8. The molecule has 0 saturated heterocycles. The minimum Gasteiger partial charge on any atom is -0.394 e. The molecule has 0 aromatic carbocycles. The second-order valence-electron chi connectivity index (χ2n) is 12.3. The summed E-state index contributed by atoms with van der Waals surface area (Å²) in [6.07, 6.45) is 38.6. The Labute approximate surface area is 250 Å². The van der Waals surface area contributed by atoms with Crippen LogP contribution in [0.15, 0.2) is 12.2 Å². The van der Waals surface area contributed by atoms with Gasteiger partial charge in [0.05, 0.1) is 18.8 Å². The van der Waals surface area contributed by atoms with E-state index in [1.54, 1.807) is 6.08 Å². The van der Waals surface area contributed by atoms with Gasteiger partial charge in [-0.15, -0.1) is 0 Å². The van der Waals surface area contributed by atoms with Gasteiger partial charge >= 0.3 is 0 Å². The maximum Gasteiger partial charge on any atom is 0.220 e. The lowest BCUT2D eigenvalue weighted by Gasteiger charge is -2.20. The van der Waals surface area contributed by atoms with Crippen molar-refractivity contribution in [1.82, 2.24) is 5.32 Å². The van der Waals surface area contributed by atoms with Crippen LogP contribution in [0.5, 0.6) is 0 Å². The Morgan fingerprint density at radius 1 is 0.575 bits per heavy atom. The molecule has 2 atom stereocenters. The molecule has 2 unspecified atom stereocenters. The molecule has 40 heavy (non-hydrogen) atoms. The first-order valence-electron chi connectivity index (χ1n) is 17.9. The van der Waals surface area contributed by atoms with Crippen LogP contribution >= 0.6 is 0 Å². The first kappa shape index (κ1) is 39.1.